The minimum atomic E-state index is 0.834. The minimum Gasteiger partial charge on any atom is -0.343 e. The van der Waals surface area contributed by atoms with E-state index in [-0.39, 0.29) is 0 Å². The molecule has 2 aromatic heterocycles. The second kappa shape index (κ2) is 2.22. The molecule has 4 heteroatoms. The number of imidazole rings is 1. The molecule has 0 bridgehead atoms. The molecule has 0 atom stereocenters. The number of aromatic amines is 1. The third-order valence-electron chi connectivity index (χ3n) is 1.17. The van der Waals surface area contributed by atoms with Crippen molar-refractivity contribution >= 4 is 11.3 Å². The average Bonchev–Trinajstić information content (AvgIpc) is 2.59. The first-order chi connectivity index (χ1) is 4.97. The maximum Gasteiger partial charge on any atom is 0.156 e. The van der Waals surface area contributed by atoms with E-state index >= 15 is 0 Å². The van der Waals surface area contributed by atoms with Gasteiger partial charge in [-0.2, -0.15) is 0 Å². The van der Waals surface area contributed by atoms with E-state index in [4.69, 9.17) is 0 Å². The summed E-state index contributed by atoms with van der Waals surface area (Å²) >= 11 is 1.57. The molecule has 2 aromatic rings. The Kier molecular flexibility index (Phi) is 1.25. The molecule has 0 aliphatic rings. The standard InChI is InChI=1S/C6H5N3S/c1-2-8-6(7-1)5-3-10-4-9-5/h1-4H,(H,7,8). The highest BCUT2D eigenvalue weighted by Gasteiger charge is 1.98. The lowest BCUT2D eigenvalue weighted by Crippen LogP contribution is -1.77. The van der Waals surface area contributed by atoms with Crippen LogP contribution in [0.4, 0.5) is 0 Å². The van der Waals surface area contributed by atoms with Crippen molar-refractivity contribution < 1.29 is 0 Å². The molecule has 0 aliphatic heterocycles. The Morgan fingerprint density at radius 2 is 2.40 bits per heavy atom. The van der Waals surface area contributed by atoms with Gasteiger partial charge in [-0.1, -0.05) is 0 Å². The first-order valence-corrected chi connectivity index (χ1v) is 3.79. The zero-order valence-corrected chi connectivity index (χ0v) is 5.93. The van der Waals surface area contributed by atoms with Crippen LogP contribution in [0.25, 0.3) is 11.5 Å². The normalized spacial score (nSPS) is 10.0. The van der Waals surface area contributed by atoms with Gasteiger partial charge in [-0.05, 0) is 0 Å². The molecule has 0 saturated carbocycles. The molecule has 0 aromatic carbocycles. The van der Waals surface area contributed by atoms with Crippen LogP contribution < -0.4 is 0 Å². The van der Waals surface area contributed by atoms with Crippen LogP contribution in [0.1, 0.15) is 0 Å². The van der Waals surface area contributed by atoms with Crippen molar-refractivity contribution in [2.75, 3.05) is 0 Å². The molecule has 2 heterocycles. The van der Waals surface area contributed by atoms with Crippen LogP contribution in [-0.4, -0.2) is 15.0 Å². The lowest BCUT2D eigenvalue weighted by Gasteiger charge is -1.83. The molecular formula is C6H5N3S. The monoisotopic (exact) mass is 151 g/mol. The van der Waals surface area contributed by atoms with Gasteiger partial charge in [0, 0.05) is 17.8 Å². The molecule has 0 unspecified atom stereocenters. The Balaban J connectivity index is 2.48. The fraction of sp³-hybridized carbons (Fsp3) is 0. The van der Waals surface area contributed by atoms with Gasteiger partial charge in [0.15, 0.2) is 5.82 Å². The quantitative estimate of drug-likeness (QED) is 0.671. The Morgan fingerprint density at radius 1 is 1.40 bits per heavy atom. The molecule has 0 amide bonds. The van der Waals surface area contributed by atoms with Crippen LogP contribution >= 0.6 is 11.3 Å². The number of hydrogen-bond acceptors (Lipinski definition) is 3. The Bertz CT molecular complexity index is 252. The molecule has 1 N–H and O–H groups in total. The highest BCUT2D eigenvalue weighted by atomic mass is 32.1. The first kappa shape index (κ1) is 5.61. The van der Waals surface area contributed by atoms with Crippen molar-refractivity contribution in [3.8, 4) is 11.5 Å². The summed E-state index contributed by atoms with van der Waals surface area (Å²) in [5.74, 6) is 0.834. The molecule has 50 valence electrons. The van der Waals surface area contributed by atoms with Crippen molar-refractivity contribution in [2.24, 2.45) is 0 Å². The van der Waals surface area contributed by atoms with Crippen LogP contribution in [0.5, 0.6) is 0 Å². The first-order valence-electron chi connectivity index (χ1n) is 2.85. The summed E-state index contributed by atoms with van der Waals surface area (Å²) in [5, 5.41) is 1.96. The molecule has 10 heavy (non-hydrogen) atoms. The van der Waals surface area contributed by atoms with E-state index in [9.17, 15) is 0 Å². The van der Waals surface area contributed by atoms with Crippen molar-refractivity contribution in [1.82, 2.24) is 15.0 Å². The smallest absolute Gasteiger partial charge is 0.156 e. The van der Waals surface area contributed by atoms with E-state index in [1.54, 1.807) is 29.2 Å². The molecule has 0 spiro atoms. The zero-order chi connectivity index (χ0) is 6.81. The lowest BCUT2D eigenvalue weighted by molar-refractivity contribution is 1.26. The third-order valence-corrected chi connectivity index (χ3v) is 1.76. The van der Waals surface area contributed by atoms with Crippen molar-refractivity contribution in [3.63, 3.8) is 0 Å². The van der Waals surface area contributed by atoms with Crippen molar-refractivity contribution in [1.29, 1.82) is 0 Å². The van der Waals surface area contributed by atoms with Gasteiger partial charge < -0.3 is 4.98 Å². The number of aromatic nitrogens is 3. The molecule has 0 radical (unpaired) electrons. The highest BCUT2D eigenvalue weighted by molar-refractivity contribution is 7.07. The summed E-state index contributed by atoms with van der Waals surface area (Å²) in [7, 11) is 0. The highest BCUT2D eigenvalue weighted by Crippen LogP contribution is 2.12. The lowest BCUT2D eigenvalue weighted by atomic mass is 10.5. The van der Waals surface area contributed by atoms with Gasteiger partial charge in [-0.25, -0.2) is 9.97 Å². The third kappa shape index (κ3) is 0.823. The van der Waals surface area contributed by atoms with Gasteiger partial charge in [-0.3, -0.25) is 0 Å². The van der Waals surface area contributed by atoms with Crippen LogP contribution in [0.3, 0.4) is 0 Å². The van der Waals surface area contributed by atoms with Gasteiger partial charge in [0.25, 0.3) is 0 Å². The second-order valence-electron chi connectivity index (χ2n) is 1.81. The SMILES string of the molecule is c1c[nH]c(-c2cscn2)n1. The summed E-state index contributed by atoms with van der Waals surface area (Å²) in [6.07, 6.45) is 3.50. The topological polar surface area (TPSA) is 41.6 Å². The summed E-state index contributed by atoms with van der Waals surface area (Å²) in [6, 6.07) is 0. The van der Waals surface area contributed by atoms with Gasteiger partial charge in [0.05, 0.1) is 5.51 Å². The number of H-pyrrole nitrogens is 1. The number of rotatable bonds is 1. The largest absolute Gasteiger partial charge is 0.343 e. The molecular weight excluding hydrogens is 146 g/mol. The van der Waals surface area contributed by atoms with E-state index in [0.717, 1.165) is 11.5 Å². The predicted octanol–water partition coefficient (Wildman–Crippen LogP) is 1.53. The van der Waals surface area contributed by atoms with E-state index in [1.807, 2.05) is 5.38 Å². The van der Waals surface area contributed by atoms with Crippen LogP contribution in [-0.2, 0) is 0 Å². The van der Waals surface area contributed by atoms with Crippen LogP contribution in [0.2, 0.25) is 0 Å². The maximum atomic E-state index is 4.08. The van der Waals surface area contributed by atoms with Gasteiger partial charge >= 0.3 is 0 Å². The Labute approximate surface area is 61.8 Å². The number of nitrogens with zero attached hydrogens (tertiary/aromatic N) is 2. The number of thiazole rings is 1. The Hall–Kier alpha value is -1.16. The van der Waals surface area contributed by atoms with Gasteiger partial charge in [-0.15, -0.1) is 11.3 Å². The van der Waals surface area contributed by atoms with Crippen molar-refractivity contribution in [2.45, 2.75) is 0 Å². The zero-order valence-electron chi connectivity index (χ0n) is 5.11. The molecule has 0 fully saturated rings. The molecule has 3 nitrogen and oxygen atoms in total. The minimum absolute atomic E-state index is 0.834. The van der Waals surface area contributed by atoms with E-state index in [2.05, 4.69) is 15.0 Å². The average molecular weight is 151 g/mol. The molecule has 0 aliphatic carbocycles. The second-order valence-corrected chi connectivity index (χ2v) is 2.53. The number of nitrogens with one attached hydrogen (secondary N) is 1. The molecule has 2 rings (SSSR count). The fourth-order valence-corrected chi connectivity index (χ4v) is 1.27. The predicted molar refractivity (Wildman–Crippen MR) is 39.7 cm³/mol. The maximum absolute atomic E-state index is 4.08. The summed E-state index contributed by atoms with van der Waals surface area (Å²) < 4.78 is 0. The van der Waals surface area contributed by atoms with Crippen LogP contribution in [0, 0.1) is 0 Å². The summed E-state index contributed by atoms with van der Waals surface area (Å²) in [5.41, 5.74) is 2.70. The van der Waals surface area contributed by atoms with E-state index < -0.39 is 0 Å². The van der Waals surface area contributed by atoms with Crippen LogP contribution in [0.15, 0.2) is 23.3 Å². The van der Waals surface area contributed by atoms with Gasteiger partial charge in [0.1, 0.15) is 5.69 Å². The van der Waals surface area contributed by atoms with E-state index in [0.29, 0.717) is 0 Å². The summed E-state index contributed by atoms with van der Waals surface area (Å²) in [4.78, 5) is 11.1. The Morgan fingerprint density at radius 3 is 3.00 bits per heavy atom. The fourth-order valence-electron chi connectivity index (χ4n) is 0.735. The molecule has 0 saturated heterocycles. The van der Waals surface area contributed by atoms with Gasteiger partial charge in [0.2, 0.25) is 0 Å². The van der Waals surface area contributed by atoms with Crippen molar-refractivity contribution in [3.05, 3.63) is 23.3 Å². The van der Waals surface area contributed by atoms with E-state index in [1.165, 1.54) is 0 Å². The number of hydrogen-bond donors (Lipinski definition) is 1. The summed E-state index contributed by atoms with van der Waals surface area (Å²) in [6.45, 7) is 0.